The van der Waals surface area contributed by atoms with E-state index in [0.717, 1.165) is 13.0 Å². The van der Waals surface area contributed by atoms with Crippen LogP contribution in [0.4, 0.5) is 0 Å². The number of nitrogens with one attached hydrogen (secondary N) is 1. The van der Waals surface area contributed by atoms with Crippen LogP contribution in [0, 0.1) is 17.8 Å². The molecule has 0 radical (unpaired) electrons. The van der Waals surface area contributed by atoms with Crippen molar-refractivity contribution < 1.29 is 5.11 Å². The van der Waals surface area contributed by atoms with Gasteiger partial charge in [0.25, 0.3) is 0 Å². The lowest BCUT2D eigenvalue weighted by molar-refractivity contribution is -0.0789. The fourth-order valence-corrected chi connectivity index (χ4v) is 3.13. The molecule has 0 aromatic carbocycles. The second-order valence-electron chi connectivity index (χ2n) is 6.38. The van der Waals surface area contributed by atoms with Crippen LogP contribution in [0.5, 0.6) is 0 Å². The molecule has 0 aliphatic heterocycles. The molecule has 1 saturated carbocycles. The second-order valence-corrected chi connectivity index (χ2v) is 6.38. The van der Waals surface area contributed by atoms with Crippen molar-refractivity contribution in [2.24, 2.45) is 17.8 Å². The minimum absolute atomic E-state index is 0.453. The van der Waals surface area contributed by atoms with E-state index in [1.54, 1.807) is 0 Å². The van der Waals surface area contributed by atoms with E-state index in [1.165, 1.54) is 12.8 Å². The van der Waals surface area contributed by atoms with E-state index in [-0.39, 0.29) is 0 Å². The Morgan fingerprint density at radius 3 is 2.38 bits per heavy atom. The predicted molar refractivity (Wildman–Crippen MR) is 69.4 cm³/mol. The third kappa shape index (κ3) is 3.46. The quantitative estimate of drug-likeness (QED) is 0.774. The van der Waals surface area contributed by atoms with Crippen LogP contribution in [0.2, 0.25) is 0 Å². The molecular weight excluding hydrogens is 198 g/mol. The SMILES string of the molecule is CC1CCC(C(C)C)C(O)(CNC(C)C)C1. The zero-order valence-electron chi connectivity index (χ0n) is 11.6. The molecule has 2 nitrogen and oxygen atoms in total. The second kappa shape index (κ2) is 5.50. The van der Waals surface area contributed by atoms with E-state index < -0.39 is 5.60 Å². The summed E-state index contributed by atoms with van der Waals surface area (Å²) in [5, 5.41) is 14.3. The summed E-state index contributed by atoms with van der Waals surface area (Å²) in [7, 11) is 0. The number of rotatable bonds is 4. The molecule has 16 heavy (non-hydrogen) atoms. The molecular formula is C14H29NO. The average Bonchev–Trinajstić information content (AvgIpc) is 2.14. The van der Waals surface area contributed by atoms with Gasteiger partial charge in [-0.1, -0.05) is 41.0 Å². The molecule has 0 spiro atoms. The van der Waals surface area contributed by atoms with Gasteiger partial charge in [0.1, 0.15) is 0 Å². The summed E-state index contributed by atoms with van der Waals surface area (Å²) in [6.07, 6.45) is 3.40. The Labute approximate surface area is 101 Å². The first-order valence-electron chi connectivity index (χ1n) is 6.81. The maximum absolute atomic E-state index is 10.9. The summed E-state index contributed by atoms with van der Waals surface area (Å²) in [5.41, 5.74) is -0.490. The summed E-state index contributed by atoms with van der Waals surface area (Å²) in [4.78, 5) is 0. The molecule has 2 N–H and O–H groups in total. The molecule has 3 unspecified atom stereocenters. The van der Waals surface area contributed by atoms with Gasteiger partial charge in [0.05, 0.1) is 5.60 Å². The molecule has 0 aromatic heterocycles. The predicted octanol–water partition coefficient (Wildman–Crippen LogP) is 2.81. The minimum atomic E-state index is -0.490. The number of hydrogen-bond donors (Lipinski definition) is 2. The van der Waals surface area contributed by atoms with Crippen LogP contribution in [0.1, 0.15) is 53.9 Å². The molecule has 0 aromatic rings. The van der Waals surface area contributed by atoms with Crippen LogP contribution in [-0.4, -0.2) is 23.3 Å². The van der Waals surface area contributed by atoms with Crippen molar-refractivity contribution in [2.45, 2.75) is 65.5 Å². The van der Waals surface area contributed by atoms with Crippen LogP contribution in [-0.2, 0) is 0 Å². The molecule has 1 rings (SSSR count). The monoisotopic (exact) mass is 227 g/mol. The van der Waals surface area contributed by atoms with Crippen LogP contribution >= 0.6 is 0 Å². The van der Waals surface area contributed by atoms with E-state index in [4.69, 9.17) is 0 Å². The van der Waals surface area contributed by atoms with Crippen LogP contribution in [0.25, 0.3) is 0 Å². The first kappa shape index (κ1) is 14.0. The van der Waals surface area contributed by atoms with Crippen molar-refractivity contribution in [3.63, 3.8) is 0 Å². The molecule has 2 heteroatoms. The van der Waals surface area contributed by atoms with E-state index in [1.807, 2.05) is 0 Å². The summed E-state index contributed by atoms with van der Waals surface area (Å²) in [5.74, 6) is 1.69. The van der Waals surface area contributed by atoms with Crippen molar-refractivity contribution in [2.75, 3.05) is 6.54 Å². The molecule has 0 bridgehead atoms. The molecule has 1 aliphatic rings. The highest BCUT2D eigenvalue weighted by Gasteiger charge is 2.42. The largest absolute Gasteiger partial charge is 0.388 e. The van der Waals surface area contributed by atoms with Gasteiger partial charge >= 0.3 is 0 Å². The highest BCUT2D eigenvalue weighted by atomic mass is 16.3. The Morgan fingerprint density at radius 1 is 1.25 bits per heavy atom. The normalized spacial score (nSPS) is 36.0. The molecule has 0 saturated heterocycles. The van der Waals surface area contributed by atoms with Crippen molar-refractivity contribution in [3.8, 4) is 0 Å². The molecule has 1 aliphatic carbocycles. The van der Waals surface area contributed by atoms with Gasteiger partial charge in [-0.3, -0.25) is 0 Å². The first-order chi connectivity index (χ1) is 7.35. The smallest absolute Gasteiger partial charge is 0.0804 e. The number of aliphatic hydroxyl groups is 1. The maximum atomic E-state index is 10.9. The first-order valence-corrected chi connectivity index (χ1v) is 6.81. The highest BCUT2D eigenvalue weighted by molar-refractivity contribution is 4.95. The standard InChI is InChI=1S/C14H29NO/c1-10(2)13-7-6-12(5)8-14(13,16)9-15-11(3)4/h10-13,15-16H,6-9H2,1-5H3. The van der Waals surface area contributed by atoms with Gasteiger partial charge in [-0.2, -0.15) is 0 Å². The van der Waals surface area contributed by atoms with Gasteiger partial charge in [-0.25, -0.2) is 0 Å². The van der Waals surface area contributed by atoms with Crippen LogP contribution < -0.4 is 5.32 Å². The third-order valence-corrected chi connectivity index (χ3v) is 3.98. The van der Waals surface area contributed by atoms with Crippen molar-refractivity contribution in [3.05, 3.63) is 0 Å². The van der Waals surface area contributed by atoms with Crippen molar-refractivity contribution in [1.29, 1.82) is 0 Å². The lowest BCUT2D eigenvalue weighted by Crippen LogP contribution is -2.53. The topological polar surface area (TPSA) is 32.3 Å². The van der Waals surface area contributed by atoms with E-state index in [2.05, 4.69) is 39.9 Å². The maximum Gasteiger partial charge on any atom is 0.0804 e. The van der Waals surface area contributed by atoms with Gasteiger partial charge < -0.3 is 10.4 Å². The fraction of sp³-hybridized carbons (Fsp3) is 1.00. The fourth-order valence-electron chi connectivity index (χ4n) is 3.13. The lowest BCUT2D eigenvalue weighted by Gasteiger charge is -2.45. The third-order valence-electron chi connectivity index (χ3n) is 3.98. The van der Waals surface area contributed by atoms with E-state index in [0.29, 0.717) is 23.8 Å². The van der Waals surface area contributed by atoms with Crippen molar-refractivity contribution >= 4 is 0 Å². The highest BCUT2D eigenvalue weighted by Crippen LogP contribution is 2.40. The van der Waals surface area contributed by atoms with Crippen LogP contribution in [0.3, 0.4) is 0 Å². The summed E-state index contributed by atoms with van der Waals surface area (Å²) < 4.78 is 0. The Hall–Kier alpha value is -0.0800. The zero-order chi connectivity index (χ0) is 12.3. The Bertz CT molecular complexity index is 215. The van der Waals surface area contributed by atoms with Gasteiger partial charge in [0.2, 0.25) is 0 Å². The Morgan fingerprint density at radius 2 is 1.88 bits per heavy atom. The van der Waals surface area contributed by atoms with Gasteiger partial charge in [0.15, 0.2) is 0 Å². The summed E-state index contributed by atoms with van der Waals surface area (Å²) >= 11 is 0. The van der Waals surface area contributed by atoms with Gasteiger partial charge in [-0.15, -0.1) is 0 Å². The molecule has 3 atom stereocenters. The van der Waals surface area contributed by atoms with Crippen molar-refractivity contribution in [1.82, 2.24) is 5.32 Å². The van der Waals surface area contributed by atoms with Gasteiger partial charge in [-0.05, 0) is 30.6 Å². The Kier molecular flexibility index (Phi) is 4.81. The molecule has 0 heterocycles. The summed E-state index contributed by atoms with van der Waals surface area (Å²) in [6.45, 7) is 11.8. The van der Waals surface area contributed by atoms with Gasteiger partial charge in [0, 0.05) is 12.6 Å². The zero-order valence-corrected chi connectivity index (χ0v) is 11.6. The molecule has 96 valence electrons. The number of hydrogen-bond acceptors (Lipinski definition) is 2. The summed E-state index contributed by atoms with van der Waals surface area (Å²) in [6, 6.07) is 0.453. The Balaban J connectivity index is 2.67. The molecule has 1 fully saturated rings. The van der Waals surface area contributed by atoms with E-state index in [9.17, 15) is 5.11 Å². The lowest BCUT2D eigenvalue weighted by atomic mass is 9.67. The average molecular weight is 227 g/mol. The van der Waals surface area contributed by atoms with E-state index >= 15 is 0 Å². The molecule has 0 amide bonds. The van der Waals surface area contributed by atoms with Crippen LogP contribution in [0.15, 0.2) is 0 Å². The minimum Gasteiger partial charge on any atom is -0.388 e.